The highest BCUT2D eigenvalue weighted by atomic mass is 16.5. The molecule has 170 valence electrons. The molecule has 11 nitrogen and oxygen atoms in total. The van der Waals surface area contributed by atoms with Gasteiger partial charge in [0.2, 0.25) is 0 Å². The Morgan fingerprint density at radius 1 is 1.03 bits per heavy atom. The molecule has 35 heavy (non-hydrogen) atoms. The molecule has 5 aromatic rings. The molecule has 0 aliphatic rings. The van der Waals surface area contributed by atoms with Crippen molar-refractivity contribution in [1.29, 1.82) is 10.5 Å². The number of rotatable bonds is 6. The van der Waals surface area contributed by atoms with Crippen LogP contribution in [0.3, 0.4) is 0 Å². The maximum atomic E-state index is 9.24. The summed E-state index contributed by atoms with van der Waals surface area (Å²) in [5.74, 6) is 1.96. The molecule has 4 aromatic heterocycles. The Morgan fingerprint density at radius 2 is 1.91 bits per heavy atom. The normalized spacial score (nSPS) is 10.6. The fraction of sp³-hybridized carbons (Fsp3) is 0.125. The van der Waals surface area contributed by atoms with Gasteiger partial charge in [-0.25, -0.2) is 14.6 Å². The number of hydrogen-bond donors (Lipinski definition) is 1. The van der Waals surface area contributed by atoms with Crippen LogP contribution in [0.5, 0.6) is 5.75 Å². The van der Waals surface area contributed by atoms with Crippen LogP contribution in [-0.4, -0.2) is 41.1 Å². The SMILES string of the molecule is Cc1ccc(Nc2ccc3c(c2)ncn3-c2ccc(OCC#N)c(-n3nc(C#N)cc3C)n2)nn1. The lowest BCUT2D eigenvalue weighted by atomic mass is 10.2. The lowest BCUT2D eigenvalue weighted by Gasteiger charge is -2.12. The Kier molecular flexibility index (Phi) is 5.49. The second-order valence-electron chi connectivity index (χ2n) is 7.64. The summed E-state index contributed by atoms with van der Waals surface area (Å²) in [6.45, 7) is 3.55. The monoisotopic (exact) mass is 462 g/mol. The van der Waals surface area contributed by atoms with E-state index in [1.165, 1.54) is 4.68 Å². The number of hydrogen-bond acceptors (Lipinski definition) is 9. The number of nitrogens with zero attached hydrogens (tertiary/aromatic N) is 9. The first-order chi connectivity index (χ1) is 17.1. The van der Waals surface area contributed by atoms with Crippen LogP contribution >= 0.6 is 0 Å². The van der Waals surface area contributed by atoms with Crippen LogP contribution in [0.1, 0.15) is 17.1 Å². The molecule has 0 aliphatic carbocycles. The maximum absolute atomic E-state index is 9.24. The van der Waals surface area contributed by atoms with Crippen molar-refractivity contribution < 1.29 is 4.74 Å². The number of fused-ring (bicyclic) bond motifs is 1. The van der Waals surface area contributed by atoms with Gasteiger partial charge in [0.1, 0.15) is 24.3 Å². The molecule has 11 heteroatoms. The average Bonchev–Trinajstić information content (AvgIpc) is 3.47. The second-order valence-corrected chi connectivity index (χ2v) is 7.64. The predicted molar refractivity (Wildman–Crippen MR) is 127 cm³/mol. The standard InChI is InChI=1S/C24H18N10O/c1-15-3-7-22(31-30-15)28-17-4-5-20-19(12-17)27-14-33(20)23-8-6-21(35-10-9-25)24(29-23)34-16(2)11-18(13-26)32-34/h3-8,11-12,14H,10H2,1-2H3,(H,28,31). The lowest BCUT2D eigenvalue weighted by Crippen LogP contribution is -2.09. The van der Waals surface area contributed by atoms with Crippen LogP contribution in [0.25, 0.3) is 22.7 Å². The Balaban J connectivity index is 1.53. The highest BCUT2D eigenvalue weighted by Gasteiger charge is 2.16. The molecule has 0 radical (unpaired) electrons. The Hall–Kier alpha value is -5.29. The molecule has 1 N–H and O–H groups in total. The van der Waals surface area contributed by atoms with Gasteiger partial charge in [-0.2, -0.15) is 20.7 Å². The van der Waals surface area contributed by atoms with Crippen molar-refractivity contribution in [3.8, 4) is 29.5 Å². The number of aromatic nitrogens is 7. The Labute approximate surface area is 199 Å². The van der Waals surface area contributed by atoms with E-state index in [-0.39, 0.29) is 12.3 Å². The smallest absolute Gasteiger partial charge is 0.198 e. The van der Waals surface area contributed by atoms with Crippen LogP contribution < -0.4 is 10.1 Å². The third-order valence-electron chi connectivity index (χ3n) is 5.18. The molecule has 0 aliphatic heterocycles. The number of pyridine rings is 1. The minimum Gasteiger partial charge on any atom is -0.475 e. The molecule has 0 atom stereocenters. The summed E-state index contributed by atoms with van der Waals surface area (Å²) in [7, 11) is 0. The van der Waals surface area contributed by atoms with Crippen molar-refractivity contribution in [2.45, 2.75) is 13.8 Å². The third-order valence-corrected chi connectivity index (χ3v) is 5.18. The molecule has 0 unspecified atom stereocenters. The summed E-state index contributed by atoms with van der Waals surface area (Å²) in [6.07, 6.45) is 1.68. The van der Waals surface area contributed by atoms with Crippen LogP contribution in [0.2, 0.25) is 0 Å². The van der Waals surface area contributed by atoms with Crippen LogP contribution in [0.4, 0.5) is 11.5 Å². The predicted octanol–water partition coefficient (Wildman–Crippen LogP) is 3.53. The number of aryl methyl sites for hydroxylation is 2. The van der Waals surface area contributed by atoms with Crippen molar-refractivity contribution in [3.05, 3.63) is 71.9 Å². The molecular formula is C24H18N10O. The molecule has 0 spiro atoms. The summed E-state index contributed by atoms with van der Waals surface area (Å²) >= 11 is 0. The molecule has 0 amide bonds. The highest BCUT2D eigenvalue weighted by Crippen LogP contribution is 2.27. The lowest BCUT2D eigenvalue weighted by molar-refractivity contribution is 0.363. The van der Waals surface area contributed by atoms with Gasteiger partial charge in [0.15, 0.2) is 29.7 Å². The zero-order chi connectivity index (χ0) is 24.4. The van der Waals surface area contributed by atoms with E-state index in [4.69, 9.17) is 15.0 Å². The van der Waals surface area contributed by atoms with Gasteiger partial charge in [0, 0.05) is 11.4 Å². The molecule has 5 rings (SSSR count). The van der Waals surface area contributed by atoms with Crippen molar-refractivity contribution in [2.24, 2.45) is 0 Å². The van der Waals surface area contributed by atoms with E-state index in [1.807, 2.05) is 60.9 Å². The van der Waals surface area contributed by atoms with Gasteiger partial charge < -0.3 is 10.1 Å². The van der Waals surface area contributed by atoms with E-state index in [2.05, 4.69) is 25.6 Å². The number of nitriles is 2. The number of imidazole rings is 1. The fourth-order valence-corrected chi connectivity index (χ4v) is 3.56. The zero-order valence-corrected chi connectivity index (χ0v) is 18.8. The van der Waals surface area contributed by atoms with Crippen LogP contribution in [0.15, 0.2) is 54.9 Å². The Morgan fingerprint density at radius 3 is 2.66 bits per heavy atom. The van der Waals surface area contributed by atoms with Crippen LogP contribution in [-0.2, 0) is 0 Å². The van der Waals surface area contributed by atoms with E-state index in [0.717, 1.165) is 22.4 Å². The summed E-state index contributed by atoms with van der Waals surface area (Å²) < 4.78 is 8.93. The number of ether oxygens (including phenoxy) is 1. The van der Waals surface area contributed by atoms with Gasteiger partial charge in [0.25, 0.3) is 0 Å². The maximum Gasteiger partial charge on any atom is 0.198 e. The first-order valence-electron chi connectivity index (χ1n) is 10.6. The van der Waals surface area contributed by atoms with Crippen molar-refractivity contribution >= 4 is 22.5 Å². The van der Waals surface area contributed by atoms with E-state index in [1.54, 1.807) is 24.5 Å². The van der Waals surface area contributed by atoms with Crippen molar-refractivity contribution in [3.63, 3.8) is 0 Å². The minimum atomic E-state index is -0.144. The number of benzene rings is 1. The highest BCUT2D eigenvalue weighted by molar-refractivity contribution is 5.82. The van der Waals surface area contributed by atoms with Gasteiger partial charge in [-0.3, -0.25) is 4.57 Å². The molecule has 0 fully saturated rings. The van der Waals surface area contributed by atoms with E-state index in [0.29, 0.717) is 28.9 Å². The number of anilines is 2. The molecule has 0 saturated carbocycles. The summed E-state index contributed by atoms with van der Waals surface area (Å²) in [5, 5.41) is 33.9. The van der Waals surface area contributed by atoms with E-state index in [9.17, 15) is 5.26 Å². The quantitative estimate of drug-likeness (QED) is 0.401. The van der Waals surface area contributed by atoms with Gasteiger partial charge in [-0.15, -0.1) is 5.10 Å². The Bertz CT molecular complexity index is 1620. The van der Waals surface area contributed by atoms with Gasteiger partial charge in [0.05, 0.1) is 16.7 Å². The third kappa shape index (κ3) is 4.21. The van der Waals surface area contributed by atoms with Crippen molar-refractivity contribution in [2.75, 3.05) is 11.9 Å². The fourth-order valence-electron chi connectivity index (χ4n) is 3.56. The first kappa shape index (κ1) is 21.6. The minimum absolute atomic E-state index is 0.144. The summed E-state index contributed by atoms with van der Waals surface area (Å²) in [4.78, 5) is 9.27. The van der Waals surface area contributed by atoms with Crippen molar-refractivity contribution in [1.82, 2.24) is 34.5 Å². The molecule has 0 saturated heterocycles. The van der Waals surface area contributed by atoms with Crippen LogP contribution in [0, 0.1) is 36.5 Å². The zero-order valence-electron chi connectivity index (χ0n) is 18.8. The first-order valence-corrected chi connectivity index (χ1v) is 10.6. The molecule has 0 bridgehead atoms. The molecule has 4 heterocycles. The van der Waals surface area contributed by atoms with Gasteiger partial charge in [-0.1, -0.05) is 0 Å². The average molecular weight is 462 g/mol. The molecular weight excluding hydrogens is 444 g/mol. The largest absolute Gasteiger partial charge is 0.475 e. The van der Waals surface area contributed by atoms with Gasteiger partial charge in [-0.05, 0) is 62.4 Å². The number of nitrogens with one attached hydrogen (secondary N) is 1. The summed E-state index contributed by atoms with van der Waals surface area (Å²) in [5.41, 5.74) is 4.22. The van der Waals surface area contributed by atoms with E-state index >= 15 is 0 Å². The van der Waals surface area contributed by atoms with E-state index < -0.39 is 0 Å². The molecule has 1 aromatic carbocycles. The second kappa shape index (κ2) is 8.92. The topological polar surface area (TPSA) is 143 Å². The summed E-state index contributed by atoms with van der Waals surface area (Å²) in [6, 6.07) is 18.6. The van der Waals surface area contributed by atoms with Gasteiger partial charge >= 0.3 is 0 Å².